The summed E-state index contributed by atoms with van der Waals surface area (Å²) in [5, 5.41) is 3.54. The van der Waals surface area contributed by atoms with Crippen molar-refractivity contribution in [2.75, 3.05) is 7.05 Å². The molecule has 3 heteroatoms. The zero-order valence-electron chi connectivity index (χ0n) is 11.4. The summed E-state index contributed by atoms with van der Waals surface area (Å²) >= 11 is 0. The van der Waals surface area contributed by atoms with Crippen LogP contribution in [0.1, 0.15) is 41.0 Å². The smallest absolute Gasteiger partial charge is 0.175 e. The first-order valence-corrected chi connectivity index (χ1v) is 5.98. The van der Waals surface area contributed by atoms with Crippen LogP contribution in [0.25, 0.3) is 0 Å². The molecule has 0 aromatic heterocycles. The first kappa shape index (κ1) is 13.2. The third-order valence-electron chi connectivity index (χ3n) is 2.61. The van der Waals surface area contributed by atoms with Crippen LogP contribution in [-0.4, -0.2) is 30.0 Å². The molecule has 1 unspecified atom stereocenters. The molecule has 92 valence electrons. The average Bonchev–Trinajstić information content (AvgIpc) is 2.08. The molecule has 0 saturated carbocycles. The molecular weight excluding hydrogens is 198 g/mol. The average molecular weight is 223 g/mol. The molecular formula is C13H25N3. The topological polar surface area (TPSA) is 27.6 Å². The molecule has 0 saturated heterocycles. The molecule has 16 heavy (non-hydrogen) atoms. The fourth-order valence-electron chi connectivity index (χ4n) is 2.02. The first-order valence-electron chi connectivity index (χ1n) is 5.98. The number of aliphatic imine (C=N–C) groups is 1. The summed E-state index contributed by atoms with van der Waals surface area (Å²) in [6.45, 7) is 11.1. The molecule has 0 aliphatic carbocycles. The second-order valence-corrected chi connectivity index (χ2v) is 5.96. The van der Waals surface area contributed by atoms with E-state index in [9.17, 15) is 0 Å². The lowest BCUT2D eigenvalue weighted by Gasteiger charge is -2.32. The van der Waals surface area contributed by atoms with E-state index in [1.165, 1.54) is 0 Å². The van der Waals surface area contributed by atoms with Crippen molar-refractivity contribution in [3.8, 4) is 0 Å². The fourth-order valence-corrected chi connectivity index (χ4v) is 2.02. The molecule has 0 fully saturated rings. The fraction of sp³-hybridized carbons (Fsp3) is 0.769. The Labute approximate surface area is 99.6 Å². The Kier molecular flexibility index (Phi) is 4.14. The Morgan fingerprint density at radius 2 is 2.12 bits per heavy atom. The van der Waals surface area contributed by atoms with Gasteiger partial charge in [0.15, 0.2) is 6.29 Å². The van der Waals surface area contributed by atoms with Gasteiger partial charge in [0.1, 0.15) is 0 Å². The van der Waals surface area contributed by atoms with E-state index in [2.05, 4.69) is 49.1 Å². The highest BCUT2D eigenvalue weighted by atomic mass is 15.3. The number of rotatable bonds is 3. The summed E-state index contributed by atoms with van der Waals surface area (Å²) < 4.78 is 0. The van der Waals surface area contributed by atoms with E-state index < -0.39 is 0 Å². The first-order chi connectivity index (χ1) is 7.28. The van der Waals surface area contributed by atoms with Crippen molar-refractivity contribution in [1.29, 1.82) is 0 Å². The molecule has 1 heterocycles. The van der Waals surface area contributed by atoms with Crippen LogP contribution in [0.4, 0.5) is 0 Å². The summed E-state index contributed by atoms with van der Waals surface area (Å²) in [6, 6.07) is 0.468. The summed E-state index contributed by atoms with van der Waals surface area (Å²) in [5.41, 5.74) is 1.44. The van der Waals surface area contributed by atoms with Gasteiger partial charge >= 0.3 is 0 Å². The van der Waals surface area contributed by atoms with E-state index in [0.29, 0.717) is 11.5 Å². The van der Waals surface area contributed by atoms with Gasteiger partial charge in [0.25, 0.3) is 0 Å². The maximum Gasteiger partial charge on any atom is 0.175 e. The standard InChI is InChI=1S/C13H25N3/c1-10-7-8-16(6)12(14-10)15-11(2)9-13(3,4)5/h7-8,11-12,15H,9H2,1-6H3/t11-,12?/m1/s1. The lowest BCUT2D eigenvalue weighted by molar-refractivity contribution is 0.227. The summed E-state index contributed by atoms with van der Waals surface area (Å²) in [7, 11) is 2.05. The van der Waals surface area contributed by atoms with Gasteiger partial charge in [-0.05, 0) is 31.8 Å². The SMILES string of the molecule is CC1=NC(N[C@H](C)CC(C)(C)C)N(C)C=C1. The van der Waals surface area contributed by atoms with Crippen molar-refractivity contribution < 1.29 is 0 Å². The number of nitrogens with one attached hydrogen (secondary N) is 1. The quantitative estimate of drug-likeness (QED) is 0.796. The zero-order valence-corrected chi connectivity index (χ0v) is 11.4. The molecule has 0 amide bonds. The van der Waals surface area contributed by atoms with Gasteiger partial charge in [-0.3, -0.25) is 10.3 Å². The minimum absolute atomic E-state index is 0.0855. The van der Waals surface area contributed by atoms with E-state index in [1.54, 1.807) is 0 Å². The van der Waals surface area contributed by atoms with E-state index in [-0.39, 0.29) is 6.29 Å². The minimum atomic E-state index is 0.0855. The Morgan fingerprint density at radius 3 is 2.69 bits per heavy atom. The normalized spacial score (nSPS) is 23.2. The van der Waals surface area contributed by atoms with Gasteiger partial charge in [0.2, 0.25) is 0 Å². The third kappa shape index (κ3) is 4.35. The van der Waals surface area contributed by atoms with E-state index >= 15 is 0 Å². The Bertz CT molecular complexity index is 286. The monoisotopic (exact) mass is 223 g/mol. The summed E-state index contributed by atoms with van der Waals surface area (Å²) in [4.78, 5) is 6.68. The molecule has 0 aromatic carbocycles. The molecule has 1 rings (SSSR count). The molecule has 3 nitrogen and oxygen atoms in total. The molecule has 2 atom stereocenters. The Balaban J connectivity index is 2.51. The lowest BCUT2D eigenvalue weighted by atomic mass is 9.89. The lowest BCUT2D eigenvalue weighted by Crippen LogP contribution is -2.46. The highest BCUT2D eigenvalue weighted by Gasteiger charge is 2.20. The number of hydrogen-bond acceptors (Lipinski definition) is 3. The Hall–Kier alpha value is -0.830. The largest absolute Gasteiger partial charge is 0.347 e. The van der Waals surface area contributed by atoms with Crippen LogP contribution in [0.15, 0.2) is 17.3 Å². The predicted octanol–water partition coefficient (Wildman–Crippen LogP) is 2.60. The number of nitrogens with zero attached hydrogens (tertiary/aromatic N) is 2. The molecule has 0 radical (unpaired) electrons. The van der Waals surface area contributed by atoms with E-state index in [4.69, 9.17) is 0 Å². The molecule has 0 spiro atoms. The van der Waals surface area contributed by atoms with Crippen LogP contribution in [0, 0.1) is 5.41 Å². The van der Waals surface area contributed by atoms with Crippen molar-refractivity contribution >= 4 is 5.71 Å². The second-order valence-electron chi connectivity index (χ2n) is 5.96. The van der Waals surface area contributed by atoms with Crippen molar-refractivity contribution in [2.24, 2.45) is 10.4 Å². The van der Waals surface area contributed by atoms with Crippen LogP contribution >= 0.6 is 0 Å². The third-order valence-corrected chi connectivity index (χ3v) is 2.61. The van der Waals surface area contributed by atoms with Crippen LogP contribution in [0.5, 0.6) is 0 Å². The highest BCUT2D eigenvalue weighted by molar-refractivity contribution is 5.93. The van der Waals surface area contributed by atoms with Crippen LogP contribution in [0.3, 0.4) is 0 Å². The van der Waals surface area contributed by atoms with Gasteiger partial charge in [0, 0.05) is 25.0 Å². The predicted molar refractivity (Wildman–Crippen MR) is 70.5 cm³/mol. The highest BCUT2D eigenvalue weighted by Crippen LogP contribution is 2.21. The Morgan fingerprint density at radius 1 is 1.50 bits per heavy atom. The van der Waals surface area contributed by atoms with Crippen LogP contribution in [-0.2, 0) is 0 Å². The maximum absolute atomic E-state index is 4.58. The van der Waals surface area contributed by atoms with Gasteiger partial charge in [-0.25, -0.2) is 0 Å². The second kappa shape index (κ2) is 5.00. The maximum atomic E-state index is 4.58. The van der Waals surface area contributed by atoms with E-state index in [0.717, 1.165) is 12.1 Å². The van der Waals surface area contributed by atoms with Crippen molar-refractivity contribution in [3.05, 3.63) is 12.3 Å². The van der Waals surface area contributed by atoms with Gasteiger partial charge in [-0.15, -0.1) is 0 Å². The van der Waals surface area contributed by atoms with Crippen LogP contribution in [0.2, 0.25) is 0 Å². The van der Waals surface area contributed by atoms with Gasteiger partial charge in [-0.1, -0.05) is 20.8 Å². The molecule has 0 aromatic rings. The van der Waals surface area contributed by atoms with Gasteiger partial charge in [-0.2, -0.15) is 0 Å². The van der Waals surface area contributed by atoms with Crippen molar-refractivity contribution in [2.45, 2.75) is 53.4 Å². The minimum Gasteiger partial charge on any atom is -0.347 e. The van der Waals surface area contributed by atoms with Gasteiger partial charge < -0.3 is 4.90 Å². The molecule has 0 bridgehead atoms. The number of allylic oxidation sites excluding steroid dienone is 1. The summed E-state index contributed by atoms with van der Waals surface area (Å²) in [6.07, 6.45) is 5.34. The van der Waals surface area contributed by atoms with E-state index in [1.807, 2.05) is 20.0 Å². The van der Waals surface area contributed by atoms with Crippen molar-refractivity contribution in [1.82, 2.24) is 10.2 Å². The molecule has 1 aliphatic rings. The van der Waals surface area contributed by atoms with Gasteiger partial charge in [0.05, 0.1) is 0 Å². The summed E-state index contributed by atoms with van der Waals surface area (Å²) in [5.74, 6) is 0. The molecule has 1 N–H and O–H groups in total. The van der Waals surface area contributed by atoms with Crippen LogP contribution < -0.4 is 5.32 Å². The molecule has 1 aliphatic heterocycles. The number of hydrogen-bond donors (Lipinski definition) is 1. The van der Waals surface area contributed by atoms with Crippen molar-refractivity contribution in [3.63, 3.8) is 0 Å². The zero-order chi connectivity index (χ0) is 12.3.